The molecule has 2 heterocycles. The molecule has 1 N–H and O–H groups in total. The first kappa shape index (κ1) is 15.8. The number of carbonyl (C=O) groups is 1. The van der Waals surface area contributed by atoms with Gasteiger partial charge in [-0.25, -0.2) is 4.68 Å². The highest BCUT2D eigenvalue weighted by molar-refractivity contribution is 5.86. The first-order valence-electron chi connectivity index (χ1n) is 7.95. The molecular weight excluding hydrogens is 332 g/mol. The zero-order valence-corrected chi connectivity index (χ0v) is 13.6. The highest BCUT2D eigenvalue weighted by atomic mass is 16.5. The van der Waals surface area contributed by atoms with Gasteiger partial charge in [-0.15, -0.1) is 0 Å². The molecule has 0 bridgehead atoms. The number of nitrogens with one attached hydrogen (secondary N) is 1. The first-order chi connectivity index (χ1) is 12.7. The number of ether oxygens (including phenoxy) is 1. The number of aromatic nitrogens is 4. The minimum Gasteiger partial charge on any atom is -0.471 e. The smallest absolute Gasteiger partial charge is 0.254 e. The van der Waals surface area contributed by atoms with Gasteiger partial charge in [0.1, 0.15) is 12.9 Å². The van der Waals surface area contributed by atoms with Gasteiger partial charge in [-0.05, 0) is 11.6 Å². The number of aromatic amines is 1. The molecule has 0 unspecified atom stereocenters. The Kier molecular flexibility index (Phi) is 4.03. The van der Waals surface area contributed by atoms with Crippen molar-refractivity contribution in [3.8, 4) is 11.6 Å². The summed E-state index contributed by atoms with van der Waals surface area (Å²) in [6, 6.07) is 16.0. The Morgan fingerprint density at radius 1 is 1.12 bits per heavy atom. The Hall–Kier alpha value is -3.74. The second kappa shape index (κ2) is 6.64. The van der Waals surface area contributed by atoms with Crippen LogP contribution in [0.5, 0.6) is 5.88 Å². The standard InChI is InChI=1S/C19H14N4O3/c24-11-13-5-7-14(8-6-13)12-26-19-10-23(22-21-19)17-9-18(25)20-16-4-2-1-3-15(16)17/h1-11H,12H2,(H,20,25). The Morgan fingerprint density at radius 2 is 1.92 bits per heavy atom. The van der Waals surface area contributed by atoms with Crippen LogP contribution < -0.4 is 10.3 Å². The highest BCUT2D eigenvalue weighted by Gasteiger charge is 2.09. The molecule has 0 aliphatic carbocycles. The lowest BCUT2D eigenvalue weighted by molar-refractivity contribution is 0.112. The minimum absolute atomic E-state index is 0.216. The third-order valence-electron chi connectivity index (χ3n) is 3.95. The number of para-hydroxylation sites is 1. The lowest BCUT2D eigenvalue weighted by Gasteiger charge is -2.05. The summed E-state index contributed by atoms with van der Waals surface area (Å²) in [6.45, 7) is 0.300. The Balaban J connectivity index is 1.58. The zero-order valence-electron chi connectivity index (χ0n) is 13.6. The topological polar surface area (TPSA) is 89.9 Å². The zero-order chi connectivity index (χ0) is 17.9. The largest absolute Gasteiger partial charge is 0.471 e. The van der Waals surface area contributed by atoms with Gasteiger partial charge in [-0.2, -0.15) is 0 Å². The number of hydrogen-bond donors (Lipinski definition) is 1. The van der Waals surface area contributed by atoms with Crippen LogP contribution in [0.15, 0.2) is 65.6 Å². The van der Waals surface area contributed by atoms with Crippen molar-refractivity contribution in [2.45, 2.75) is 6.61 Å². The molecule has 0 spiro atoms. The van der Waals surface area contributed by atoms with Crippen molar-refractivity contribution in [3.05, 3.63) is 82.3 Å². The lowest BCUT2D eigenvalue weighted by Crippen LogP contribution is -2.08. The molecule has 26 heavy (non-hydrogen) atoms. The lowest BCUT2D eigenvalue weighted by atomic mass is 10.2. The van der Waals surface area contributed by atoms with E-state index in [4.69, 9.17) is 4.74 Å². The molecule has 0 aliphatic heterocycles. The van der Waals surface area contributed by atoms with Crippen LogP contribution in [0, 0.1) is 0 Å². The van der Waals surface area contributed by atoms with Crippen molar-refractivity contribution in [3.63, 3.8) is 0 Å². The van der Waals surface area contributed by atoms with Gasteiger partial charge in [-0.1, -0.05) is 52.8 Å². The van der Waals surface area contributed by atoms with Crippen LogP contribution in [0.2, 0.25) is 0 Å². The van der Waals surface area contributed by atoms with E-state index >= 15 is 0 Å². The summed E-state index contributed by atoms with van der Waals surface area (Å²) in [5.74, 6) is 0.342. The monoisotopic (exact) mass is 346 g/mol. The quantitative estimate of drug-likeness (QED) is 0.561. The van der Waals surface area contributed by atoms with Gasteiger partial charge in [0.05, 0.1) is 17.4 Å². The van der Waals surface area contributed by atoms with E-state index in [2.05, 4.69) is 15.3 Å². The first-order valence-corrected chi connectivity index (χ1v) is 7.95. The third-order valence-corrected chi connectivity index (χ3v) is 3.95. The summed E-state index contributed by atoms with van der Waals surface area (Å²) in [6.07, 6.45) is 2.42. The molecule has 7 heteroatoms. The van der Waals surface area contributed by atoms with Crippen LogP contribution in [-0.2, 0) is 6.61 Å². The molecule has 0 aliphatic rings. The normalized spacial score (nSPS) is 10.8. The second-order valence-electron chi connectivity index (χ2n) is 5.71. The Morgan fingerprint density at radius 3 is 2.73 bits per heavy atom. The molecule has 0 saturated heterocycles. The van der Waals surface area contributed by atoms with E-state index in [1.807, 2.05) is 36.4 Å². The number of H-pyrrole nitrogens is 1. The molecule has 0 amide bonds. The van der Waals surface area contributed by atoms with Gasteiger partial charge in [-0.3, -0.25) is 9.59 Å². The summed E-state index contributed by atoms with van der Waals surface area (Å²) in [5.41, 5.74) is 2.66. The number of fused-ring (bicyclic) bond motifs is 1. The molecule has 0 atom stereocenters. The van der Waals surface area contributed by atoms with Crippen molar-refractivity contribution in [1.29, 1.82) is 0 Å². The molecule has 2 aromatic carbocycles. The number of hydrogen-bond acceptors (Lipinski definition) is 5. The molecule has 128 valence electrons. The van der Waals surface area contributed by atoms with E-state index in [9.17, 15) is 9.59 Å². The molecule has 2 aromatic heterocycles. The van der Waals surface area contributed by atoms with Crippen LogP contribution in [0.3, 0.4) is 0 Å². The van der Waals surface area contributed by atoms with E-state index in [0.29, 0.717) is 23.7 Å². The highest BCUT2D eigenvalue weighted by Crippen LogP contribution is 2.19. The summed E-state index contributed by atoms with van der Waals surface area (Å²) in [7, 11) is 0. The van der Waals surface area contributed by atoms with Crippen LogP contribution in [0.25, 0.3) is 16.6 Å². The van der Waals surface area contributed by atoms with Gasteiger partial charge in [0.15, 0.2) is 0 Å². The van der Waals surface area contributed by atoms with Crippen molar-refractivity contribution >= 4 is 17.2 Å². The van der Waals surface area contributed by atoms with E-state index in [0.717, 1.165) is 22.8 Å². The summed E-state index contributed by atoms with van der Waals surface area (Å²) >= 11 is 0. The van der Waals surface area contributed by atoms with Crippen LogP contribution in [-0.4, -0.2) is 26.3 Å². The van der Waals surface area contributed by atoms with Crippen LogP contribution in [0.1, 0.15) is 15.9 Å². The number of rotatable bonds is 5. The van der Waals surface area contributed by atoms with Gasteiger partial charge in [0, 0.05) is 17.0 Å². The average Bonchev–Trinajstić information content (AvgIpc) is 3.15. The predicted molar refractivity (Wildman–Crippen MR) is 95.6 cm³/mol. The maximum atomic E-state index is 11.9. The SMILES string of the molecule is O=Cc1ccc(COc2cn(-c3cc(=O)[nH]c4ccccc34)nn2)cc1. The van der Waals surface area contributed by atoms with E-state index in [1.54, 1.807) is 18.3 Å². The Bertz CT molecular complexity index is 1130. The molecular formula is C19H14N4O3. The fourth-order valence-electron chi connectivity index (χ4n) is 2.66. The van der Waals surface area contributed by atoms with E-state index in [-0.39, 0.29) is 5.56 Å². The number of benzene rings is 2. The number of aldehydes is 1. The van der Waals surface area contributed by atoms with Crippen molar-refractivity contribution in [1.82, 2.24) is 20.0 Å². The fourth-order valence-corrected chi connectivity index (χ4v) is 2.66. The van der Waals surface area contributed by atoms with Crippen LogP contribution in [0.4, 0.5) is 0 Å². The summed E-state index contributed by atoms with van der Waals surface area (Å²) in [4.78, 5) is 25.3. The summed E-state index contributed by atoms with van der Waals surface area (Å²) < 4.78 is 7.16. The average molecular weight is 346 g/mol. The summed E-state index contributed by atoms with van der Waals surface area (Å²) in [5, 5.41) is 8.91. The third kappa shape index (κ3) is 3.10. The van der Waals surface area contributed by atoms with Crippen molar-refractivity contribution in [2.75, 3.05) is 0 Å². The Labute approximate surface area is 147 Å². The maximum absolute atomic E-state index is 11.9. The molecule has 0 saturated carbocycles. The number of pyridine rings is 1. The van der Waals surface area contributed by atoms with Gasteiger partial charge in [0.2, 0.25) is 0 Å². The molecule has 4 rings (SSSR count). The van der Waals surface area contributed by atoms with Crippen molar-refractivity contribution in [2.24, 2.45) is 0 Å². The predicted octanol–water partition coefficient (Wildman–Crippen LogP) is 2.50. The maximum Gasteiger partial charge on any atom is 0.254 e. The van der Waals surface area contributed by atoms with Crippen LogP contribution >= 0.6 is 0 Å². The van der Waals surface area contributed by atoms with E-state index < -0.39 is 0 Å². The second-order valence-corrected chi connectivity index (χ2v) is 5.71. The van der Waals surface area contributed by atoms with Gasteiger partial charge in [0.25, 0.3) is 11.4 Å². The number of nitrogens with zero attached hydrogens (tertiary/aromatic N) is 3. The molecule has 4 aromatic rings. The van der Waals surface area contributed by atoms with Crippen molar-refractivity contribution < 1.29 is 9.53 Å². The molecule has 7 nitrogen and oxygen atoms in total. The van der Waals surface area contributed by atoms with Gasteiger partial charge >= 0.3 is 0 Å². The molecule has 0 fully saturated rings. The number of carbonyl (C=O) groups excluding carboxylic acids is 1. The molecule has 0 radical (unpaired) electrons. The minimum atomic E-state index is -0.216. The fraction of sp³-hybridized carbons (Fsp3) is 0.0526. The van der Waals surface area contributed by atoms with Gasteiger partial charge < -0.3 is 9.72 Å². The van der Waals surface area contributed by atoms with E-state index in [1.165, 1.54) is 10.7 Å².